The Morgan fingerprint density at radius 3 is 2.73 bits per heavy atom. The SMILES string of the molecule is Cc1ccc2c3c(nn2c1)CCC(CO)(NC(=O)c1c(Cl)cc(-[n+]2cnc(C)[nH]2)cc1Cl)C3. The smallest absolute Gasteiger partial charge is 0.312 e. The number of aromatic amines is 1. The molecule has 0 aliphatic heterocycles. The van der Waals surface area contributed by atoms with E-state index >= 15 is 0 Å². The molecule has 1 aliphatic rings. The van der Waals surface area contributed by atoms with Crippen LogP contribution in [0.15, 0.2) is 36.8 Å². The standard InChI is InChI=1S/C23H22Cl2N6O2/c1-13-3-4-20-16-9-23(11-32,6-5-19(16)29-30(20)10-13)27-22(33)21-17(24)7-15(8-18(21)25)31-12-26-14(2)28-31/h3-4,7-8,10,12,32H,5-6,9,11H2,1-2H3,(H,27,33)/p+1. The zero-order valence-corrected chi connectivity index (χ0v) is 19.7. The predicted octanol–water partition coefficient (Wildman–Crippen LogP) is 2.91. The summed E-state index contributed by atoms with van der Waals surface area (Å²) in [6.45, 7) is 3.64. The number of nitrogens with zero attached hydrogens (tertiary/aromatic N) is 4. The molecule has 1 amide bonds. The van der Waals surface area contributed by atoms with Crippen molar-refractivity contribution in [1.82, 2.24) is 25.0 Å². The maximum Gasteiger partial charge on any atom is 0.312 e. The van der Waals surface area contributed by atoms with Gasteiger partial charge < -0.3 is 10.4 Å². The lowest BCUT2D eigenvalue weighted by atomic mass is 9.80. The van der Waals surface area contributed by atoms with Crippen molar-refractivity contribution in [1.29, 1.82) is 0 Å². The van der Waals surface area contributed by atoms with Crippen molar-refractivity contribution in [3.8, 4) is 5.69 Å². The van der Waals surface area contributed by atoms with E-state index in [9.17, 15) is 9.90 Å². The Morgan fingerprint density at radius 1 is 1.30 bits per heavy atom. The minimum atomic E-state index is -0.834. The molecule has 1 atom stereocenters. The van der Waals surface area contributed by atoms with Gasteiger partial charge in [-0.2, -0.15) is 10.2 Å². The van der Waals surface area contributed by atoms with Gasteiger partial charge in [0.2, 0.25) is 5.82 Å². The molecule has 1 aromatic carbocycles. The number of benzene rings is 1. The van der Waals surface area contributed by atoms with Gasteiger partial charge in [-0.15, -0.1) is 4.68 Å². The summed E-state index contributed by atoms with van der Waals surface area (Å²) in [7, 11) is 0. The average Bonchev–Trinajstić information content (AvgIpc) is 3.35. The second-order valence-electron chi connectivity index (χ2n) is 8.63. The van der Waals surface area contributed by atoms with Crippen LogP contribution in [0.4, 0.5) is 0 Å². The molecule has 170 valence electrons. The third-order valence-electron chi connectivity index (χ3n) is 6.18. The van der Waals surface area contributed by atoms with Crippen LogP contribution >= 0.6 is 23.2 Å². The number of hydrogen-bond acceptors (Lipinski definition) is 4. The molecular weight excluding hydrogens is 463 g/mol. The van der Waals surface area contributed by atoms with Gasteiger partial charge in [0, 0.05) is 37.2 Å². The number of aryl methyl sites for hydroxylation is 3. The third kappa shape index (κ3) is 3.88. The molecule has 4 aromatic rings. The number of carbonyl (C=O) groups excluding carboxylic acids is 1. The fourth-order valence-corrected chi connectivity index (χ4v) is 5.09. The van der Waals surface area contributed by atoms with Gasteiger partial charge in [0.25, 0.3) is 5.91 Å². The number of pyridine rings is 1. The number of carbonyl (C=O) groups is 1. The Labute approximate surface area is 200 Å². The van der Waals surface area contributed by atoms with Gasteiger partial charge in [0.1, 0.15) is 0 Å². The van der Waals surface area contributed by atoms with E-state index in [2.05, 4.69) is 20.5 Å². The van der Waals surface area contributed by atoms with Gasteiger partial charge in [-0.1, -0.05) is 29.3 Å². The Hall–Kier alpha value is -2.94. The number of nitrogens with one attached hydrogen (secondary N) is 2. The van der Waals surface area contributed by atoms with Gasteiger partial charge in [-0.05, 0) is 36.4 Å². The molecule has 0 saturated carbocycles. The molecule has 3 N–H and O–H groups in total. The first kappa shape index (κ1) is 21.9. The van der Waals surface area contributed by atoms with E-state index in [1.165, 1.54) is 0 Å². The van der Waals surface area contributed by atoms with Crippen LogP contribution in [0.2, 0.25) is 10.0 Å². The van der Waals surface area contributed by atoms with Gasteiger partial charge >= 0.3 is 6.33 Å². The number of amides is 1. The number of aliphatic hydroxyl groups is 1. The summed E-state index contributed by atoms with van der Waals surface area (Å²) < 4.78 is 3.54. The summed E-state index contributed by atoms with van der Waals surface area (Å²) in [6, 6.07) is 7.36. The van der Waals surface area contributed by atoms with Crippen molar-refractivity contribution in [2.75, 3.05) is 6.61 Å². The van der Waals surface area contributed by atoms with E-state index in [0.29, 0.717) is 24.9 Å². The largest absolute Gasteiger partial charge is 0.394 e. The molecule has 0 fully saturated rings. The molecule has 0 saturated heterocycles. The monoisotopic (exact) mass is 485 g/mol. The van der Waals surface area contributed by atoms with E-state index in [0.717, 1.165) is 28.2 Å². The maximum absolute atomic E-state index is 13.3. The molecule has 1 unspecified atom stereocenters. The van der Waals surface area contributed by atoms with Crippen LogP contribution in [0.25, 0.3) is 11.2 Å². The highest BCUT2D eigenvalue weighted by molar-refractivity contribution is 6.40. The molecule has 33 heavy (non-hydrogen) atoms. The topological polar surface area (TPSA) is 99.2 Å². The summed E-state index contributed by atoms with van der Waals surface area (Å²) in [5.74, 6) is 0.306. The number of aliphatic hydroxyl groups excluding tert-OH is 1. The Kier molecular flexibility index (Phi) is 5.39. The predicted molar refractivity (Wildman–Crippen MR) is 124 cm³/mol. The number of hydrogen-bond donors (Lipinski definition) is 3. The lowest BCUT2D eigenvalue weighted by molar-refractivity contribution is -0.657. The summed E-state index contributed by atoms with van der Waals surface area (Å²) in [5, 5.41) is 21.5. The molecule has 0 radical (unpaired) electrons. The lowest BCUT2D eigenvalue weighted by Crippen LogP contribution is -2.55. The summed E-state index contributed by atoms with van der Waals surface area (Å²) >= 11 is 13.0. The number of halogens is 2. The van der Waals surface area contributed by atoms with Crippen molar-refractivity contribution < 1.29 is 14.6 Å². The molecule has 0 bridgehead atoms. The first-order chi connectivity index (χ1) is 15.8. The second kappa shape index (κ2) is 8.13. The van der Waals surface area contributed by atoms with Crippen LogP contribution in [-0.2, 0) is 12.8 Å². The van der Waals surface area contributed by atoms with Crippen LogP contribution in [-0.4, -0.2) is 42.9 Å². The fraction of sp³-hybridized carbons (Fsp3) is 0.304. The Balaban J connectivity index is 1.45. The van der Waals surface area contributed by atoms with Gasteiger partial charge in [-0.3, -0.25) is 4.79 Å². The third-order valence-corrected chi connectivity index (χ3v) is 6.78. The van der Waals surface area contributed by atoms with Crippen molar-refractivity contribution in [3.05, 3.63) is 75.0 Å². The number of aromatic nitrogens is 5. The summed E-state index contributed by atoms with van der Waals surface area (Å²) in [6.07, 6.45) is 5.25. The molecule has 10 heteroatoms. The van der Waals surface area contributed by atoms with Crippen molar-refractivity contribution in [2.45, 2.75) is 38.6 Å². The first-order valence-electron chi connectivity index (χ1n) is 10.6. The average molecular weight is 486 g/mol. The van der Waals surface area contributed by atoms with E-state index in [1.54, 1.807) is 23.1 Å². The molecule has 1 aliphatic carbocycles. The van der Waals surface area contributed by atoms with Gasteiger partial charge in [-0.25, -0.2) is 4.52 Å². The highest BCUT2D eigenvalue weighted by Crippen LogP contribution is 2.33. The van der Waals surface area contributed by atoms with E-state index < -0.39 is 11.4 Å². The van der Waals surface area contributed by atoms with E-state index in [1.807, 2.05) is 36.7 Å². The number of rotatable bonds is 4. The lowest BCUT2D eigenvalue weighted by Gasteiger charge is -2.36. The Bertz CT molecular complexity index is 1370. The van der Waals surface area contributed by atoms with Crippen LogP contribution in [0.3, 0.4) is 0 Å². The summed E-state index contributed by atoms with van der Waals surface area (Å²) in [5.41, 5.74) is 4.12. The van der Waals surface area contributed by atoms with Gasteiger partial charge in [0.15, 0.2) is 5.69 Å². The van der Waals surface area contributed by atoms with Crippen LogP contribution in [0.5, 0.6) is 0 Å². The molecule has 3 heterocycles. The second-order valence-corrected chi connectivity index (χ2v) is 9.44. The minimum Gasteiger partial charge on any atom is -0.394 e. The van der Waals surface area contributed by atoms with Crippen LogP contribution in [0.1, 0.15) is 39.4 Å². The normalized spacial score (nSPS) is 17.8. The van der Waals surface area contributed by atoms with Crippen LogP contribution in [0, 0.1) is 13.8 Å². The van der Waals surface area contributed by atoms with Crippen LogP contribution < -0.4 is 10.00 Å². The molecular formula is C23H23Cl2N6O2+. The van der Waals surface area contributed by atoms with Crippen molar-refractivity contribution in [2.24, 2.45) is 0 Å². The van der Waals surface area contributed by atoms with E-state index in [4.69, 9.17) is 23.2 Å². The fourth-order valence-electron chi connectivity index (χ4n) is 4.44. The zero-order valence-electron chi connectivity index (χ0n) is 18.2. The number of H-pyrrole nitrogens is 1. The molecule has 3 aromatic heterocycles. The molecule has 0 spiro atoms. The zero-order chi connectivity index (χ0) is 23.3. The van der Waals surface area contributed by atoms with Crippen molar-refractivity contribution >= 4 is 34.6 Å². The van der Waals surface area contributed by atoms with Crippen molar-refractivity contribution in [3.63, 3.8) is 0 Å². The van der Waals surface area contributed by atoms with Gasteiger partial charge in [0.05, 0.1) is 39.0 Å². The first-order valence-corrected chi connectivity index (χ1v) is 11.4. The summed E-state index contributed by atoms with van der Waals surface area (Å²) in [4.78, 5) is 17.4. The number of fused-ring (bicyclic) bond motifs is 3. The van der Waals surface area contributed by atoms with E-state index in [-0.39, 0.29) is 22.2 Å². The Morgan fingerprint density at radius 2 is 2.06 bits per heavy atom. The maximum atomic E-state index is 13.3. The highest BCUT2D eigenvalue weighted by Gasteiger charge is 2.38. The highest BCUT2D eigenvalue weighted by atomic mass is 35.5. The molecule has 8 nitrogen and oxygen atoms in total. The molecule has 5 rings (SSSR count). The minimum absolute atomic E-state index is 0.174. The quantitative estimate of drug-likeness (QED) is 0.387.